The molecule has 3 N–H and O–H groups in total. The Balaban J connectivity index is 0.000000618. The van der Waals surface area contributed by atoms with Crippen LogP contribution >= 0.6 is 0 Å². The van der Waals surface area contributed by atoms with Gasteiger partial charge in [0.2, 0.25) is 6.41 Å². The summed E-state index contributed by atoms with van der Waals surface area (Å²) < 4.78 is 12.1. The van der Waals surface area contributed by atoms with E-state index in [0.717, 1.165) is 11.2 Å². The lowest BCUT2D eigenvalue weighted by molar-refractivity contribution is -0.110. The summed E-state index contributed by atoms with van der Waals surface area (Å²) in [5.41, 5.74) is 2.03. The molecule has 1 aromatic rings. The molecule has 1 saturated heterocycles. The van der Waals surface area contributed by atoms with Crippen LogP contribution < -0.4 is 16.1 Å². The Hall–Kier alpha value is -1.57. The second-order valence-corrected chi connectivity index (χ2v) is 8.22. The van der Waals surface area contributed by atoms with Gasteiger partial charge in [0, 0.05) is 19.3 Å². The van der Waals surface area contributed by atoms with Crippen LogP contribution in [0.3, 0.4) is 0 Å². The summed E-state index contributed by atoms with van der Waals surface area (Å²) in [7, 11) is 1.64. The standard InChI is InChI=1S/C14H22BNO2.C5H11NO2.C2H6/c1-10-9-11(16-6)7-8-12(10)15-17-13(2,3)14(4,5)18-15;1-5(2,8)3-6-4-7;1-2/h7-9,16H,1-6H3;4,8H,3H2,1-2H3,(H,6,7);1-2H3. The second-order valence-electron chi connectivity index (χ2n) is 8.22. The fourth-order valence-corrected chi connectivity index (χ4v) is 2.36. The molecule has 28 heavy (non-hydrogen) atoms. The van der Waals surface area contributed by atoms with Crippen LogP contribution in [0.15, 0.2) is 18.2 Å². The van der Waals surface area contributed by atoms with Gasteiger partial charge < -0.3 is 25.0 Å². The Morgan fingerprint density at radius 2 is 1.64 bits per heavy atom. The van der Waals surface area contributed by atoms with Crippen molar-refractivity contribution in [1.29, 1.82) is 0 Å². The molecule has 7 heteroatoms. The molecule has 0 saturated carbocycles. The zero-order valence-corrected chi connectivity index (χ0v) is 19.3. The van der Waals surface area contributed by atoms with Crippen LogP contribution in [0.2, 0.25) is 0 Å². The molecule has 0 radical (unpaired) electrons. The van der Waals surface area contributed by atoms with Crippen LogP contribution in [0.4, 0.5) is 5.69 Å². The average molecular weight is 394 g/mol. The minimum absolute atomic E-state index is 0.277. The number of rotatable bonds is 5. The van der Waals surface area contributed by atoms with E-state index in [9.17, 15) is 4.79 Å². The van der Waals surface area contributed by atoms with E-state index in [1.807, 2.05) is 27.0 Å². The fraction of sp³-hybridized carbons (Fsp3) is 0.667. The molecular weight excluding hydrogens is 355 g/mol. The first-order chi connectivity index (χ1) is 12.8. The number of benzene rings is 1. The van der Waals surface area contributed by atoms with E-state index in [-0.39, 0.29) is 18.3 Å². The summed E-state index contributed by atoms with van der Waals surface area (Å²) in [4.78, 5) is 9.63. The minimum atomic E-state index is -0.791. The van der Waals surface area contributed by atoms with Crippen LogP contribution in [-0.4, -0.2) is 49.0 Å². The third kappa shape index (κ3) is 7.82. The predicted octanol–water partition coefficient (Wildman–Crippen LogP) is 2.87. The summed E-state index contributed by atoms with van der Waals surface area (Å²) in [5.74, 6) is 0. The Morgan fingerprint density at radius 1 is 1.14 bits per heavy atom. The maximum atomic E-state index is 9.63. The number of aliphatic hydroxyl groups is 1. The van der Waals surface area contributed by atoms with Crippen molar-refractivity contribution in [3.8, 4) is 0 Å². The van der Waals surface area contributed by atoms with Crippen LogP contribution in [0, 0.1) is 6.92 Å². The van der Waals surface area contributed by atoms with Crippen molar-refractivity contribution in [3.05, 3.63) is 23.8 Å². The van der Waals surface area contributed by atoms with Crippen molar-refractivity contribution in [3.63, 3.8) is 0 Å². The topological polar surface area (TPSA) is 79.8 Å². The summed E-state index contributed by atoms with van der Waals surface area (Å²) in [5, 5.41) is 14.4. The number of anilines is 1. The fourth-order valence-electron chi connectivity index (χ4n) is 2.36. The summed E-state index contributed by atoms with van der Waals surface area (Å²) in [6, 6.07) is 6.23. The summed E-state index contributed by atoms with van der Waals surface area (Å²) in [6.45, 7) is 17.9. The Labute approximate surface area is 171 Å². The van der Waals surface area contributed by atoms with Gasteiger partial charge >= 0.3 is 7.12 Å². The molecule has 1 aliphatic heterocycles. The van der Waals surface area contributed by atoms with Gasteiger partial charge in [0.1, 0.15) is 0 Å². The predicted molar refractivity (Wildman–Crippen MR) is 118 cm³/mol. The number of carbonyl (C=O) groups is 1. The van der Waals surface area contributed by atoms with Gasteiger partial charge in [-0.25, -0.2) is 0 Å². The van der Waals surface area contributed by atoms with Crippen molar-refractivity contribution in [2.45, 2.75) is 79.1 Å². The first kappa shape index (κ1) is 26.4. The summed E-state index contributed by atoms with van der Waals surface area (Å²) in [6.07, 6.45) is 0.567. The highest BCUT2D eigenvalue weighted by molar-refractivity contribution is 6.62. The highest BCUT2D eigenvalue weighted by atomic mass is 16.7. The first-order valence-corrected chi connectivity index (χ1v) is 9.86. The molecule has 0 spiro atoms. The van der Waals surface area contributed by atoms with Gasteiger partial charge in [-0.2, -0.15) is 0 Å². The van der Waals surface area contributed by atoms with E-state index >= 15 is 0 Å². The number of hydrogen-bond acceptors (Lipinski definition) is 5. The van der Waals surface area contributed by atoms with Crippen LogP contribution in [0.1, 0.15) is 61.0 Å². The zero-order chi connectivity index (χ0) is 22.2. The maximum Gasteiger partial charge on any atom is 0.495 e. The van der Waals surface area contributed by atoms with Crippen LogP contribution in [0.5, 0.6) is 0 Å². The largest absolute Gasteiger partial charge is 0.495 e. The average Bonchev–Trinajstić information content (AvgIpc) is 2.82. The highest BCUT2D eigenvalue weighted by Gasteiger charge is 2.51. The normalized spacial score (nSPS) is 16.9. The molecule has 0 aliphatic carbocycles. The molecule has 6 nitrogen and oxygen atoms in total. The van der Waals surface area contributed by atoms with Crippen molar-refractivity contribution in [1.82, 2.24) is 5.32 Å². The molecule has 0 bridgehead atoms. The van der Waals surface area contributed by atoms with Gasteiger partial charge in [-0.05, 0) is 71.6 Å². The van der Waals surface area contributed by atoms with Crippen molar-refractivity contribution < 1.29 is 19.2 Å². The molecular formula is C21H39BN2O4. The van der Waals surface area contributed by atoms with E-state index in [1.165, 1.54) is 5.56 Å². The Morgan fingerprint density at radius 3 is 1.96 bits per heavy atom. The maximum absolute atomic E-state index is 9.63. The summed E-state index contributed by atoms with van der Waals surface area (Å²) >= 11 is 0. The molecule has 1 aliphatic rings. The number of nitrogens with one attached hydrogen (secondary N) is 2. The SMILES string of the molecule is CC.CC(C)(O)CNC=O.CNc1ccc(B2OC(C)(C)C(C)(C)O2)c(C)c1. The van der Waals surface area contributed by atoms with Crippen molar-refractivity contribution >= 4 is 24.7 Å². The minimum Gasteiger partial charge on any atom is -0.399 e. The van der Waals surface area contributed by atoms with Gasteiger partial charge in [0.25, 0.3) is 0 Å². The molecule has 1 heterocycles. The van der Waals surface area contributed by atoms with Gasteiger partial charge in [-0.3, -0.25) is 4.79 Å². The quantitative estimate of drug-likeness (QED) is 0.529. The molecule has 160 valence electrons. The van der Waals surface area contributed by atoms with Crippen molar-refractivity contribution in [2.75, 3.05) is 18.9 Å². The molecule has 1 aromatic carbocycles. The van der Waals surface area contributed by atoms with E-state index in [4.69, 9.17) is 14.4 Å². The highest BCUT2D eigenvalue weighted by Crippen LogP contribution is 2.36. The van der Waals surface area contributed by atoms with Gasteiger partial charge in [0.05, 0.1) is 16.8 Å². The molecule has 1 amide bonds. The molecule has 1 fully saturated rings. The van der Waals surface area contributed by atoms with Crippen LogP contribution in [-0.2, 0) is 14.1 Å². The molecule has 0 aromatic heterocycles. The van der Waals surface area contributed by atoms with Gasteiger partial charge in [-0.1, -0.05) is 19.9 Å². The number of hydrogen-bond donors (Lipinski definition) is 3. The van der Waals surface area contributed by atoms with E-state index in [2.05, 4.69) is 57.4 Å². The van der Waals surface area contributed by atoms with Gasteiger partial charge in [0.15, 0.2) is 0 Å². The monoisotopic (exact) mass is 394 g/mol. The van der Waals surface area contributed by atoms with E-state index in [0.29, 0.717) is 13.0 Å². The van der Waals surface area contributed by atoms with E-state index < -0.39 is 5.60 Å². The third-order valence-electron chi connectivity index (χ3n) is 4.68. The lowest BCUT2D eigenvalue weighted by Crippen LogP contribution is -2.41. The number of carbonyl (C=O) groups excluding carboxylic acids is 1. The van der Waals surface area contributed by atoms with Crippen molar-refractivity contribution in [2.24, 2.45) is 0 Å². The zero-order valence-electron chi connectivity index (χ0n) is 19.3. The first-order valence-electron chi connectivity index (χ1n) is 9.86. The second kappa shape index (κ2) is 10.8. The molecule has 2 rings (SSSR count). The van der Waals surface area contributed by atoms with Gasteiger partial charge in [-0.15, -0.1) is 0 Å². The Bertz CT molecular complexity index is 597. The van der Waals surface area contributed by atoms with Crippen LogP contribution in [0.25, 0.3) is 0 Å². The lowest BCUT2D eigenvalue weighted by Gasteiger charge is -2.32. The number of aryl methyl sites for hydroxylation is 1. The number of amides is 1. The lowest BCUT2D eigenvalue weighted by atomic mass is 9.76. The van der Waals surface area contributed by atoms with E-state index in [1.54, 1.807) is 13.8 Å². The third-order valence-corrected chi connectivity index (χ3v) is 4.68. The molecule has 0 unspecified atom stereocenters. The molecule has 0 atom stereocenters. The smallest absolute Gasteiger partial charge is 0.399 e. The Kier molecular flexibility index (Phi) is 10.2.